The van der Waals surface area contributed by atoms with Gasteiger partial charge >= 0.3 is 0 Å². The van der Waals surface area contributed by atoms with E-state index in [1.807, 2.05) is 18.2 Å². The fourth-order valence-corrected chi connectivity index (χ4v) is 3.26. The number of hydrogen-bond donors (Lipinski definition) is 0. The lowest BCUT2D eigenvalue weighted by atomic mass is 10.0. The van der Waals surface area contributed by atoms with Crippen molar-refractivity contribution >= 4 is 27.6 Å². The number of fused-ring (bicyclic) bond motifs is 3. The summed E-state index contributed by atoms with van der Waals surface area (Å²) in [5, 5.41) is 2.14. The minimum Gasteiger partial charge on any atom is -0.456 e. The lowest BCUT2D eigenvalue weighted by Gasteiger charge is -2.06. The van der Waals surface area contributed by atoms with Crippen molar-refractivity contribution in [1.82, 2.24) is 0 Å². The molecule has 0 fully saturated rings. The third kappa shape index (κ3) is 2.00. The molecule has 0 aliphatic heterocycles. The van der Waals surface area contributed by atoms with E-state index in [0.29, 0.717) is 5.69 Å². The van der Waals surface area contributed by atoms with Crippen LogP contribution in [0, 0.1) is 20.4 Å². The fraction of sp³-hybridized carbons (Fsp3) is 0.143. The van der Waals surface area contributed by atoms with Crippen molar-refractivity contribution in [3.05, 3.63) is 71.2 Å². The first-order chi connectivity index (χ1) is 11.6. The van der Waals surface area contributed by atoms with E-state index in [9.17, 15) is 0 Å². The van der Waals surface area contributed by atoms with Crippen LogP contribution in [-0.2, 0) is 7.05 Å². The number of aromatic nitrogens is 1. The summed E-state index contributed by atoms with van der Waals surface area (Å²) in [4.78, 5) is 3.50. The number of nitrogens with zero attached hydrogens (tertiary/aromatic N) is 2. The molecule has 2 aromatic heterocycles. The van der Waals surface area contributed by atoms with Gasteiger partial charge < -0.3 is 4.42 Å². The van der Waals surface area contributed by atoms with Gasteiger partial charge in [-0.3, -0.25) is 0 Å². The van der Waals surface area contributed by atoms with Crippen LogP contribution in [-0.4, -0.2) is 0 Å². The number of furan rings is 1. The van der Waals surface area contributed by atoms with E-state index in [1.165, 1.54) is 11.3 Å². The van der Waals surface area contributed by atoms with Gasteiger partial charge in [-0.15, -0.1) is 0 Å². The molecule has 0 saturated heterocycles. The average molecular weight is 313 g/mol. The summed E-state index contributed by atoms with van der Waals surface area (Å²) in [6, 6.07) is 16.2. The van der Waals surface area contributed by atoms with Crippen LogP contribution in [0.2, 0.25) is 0 Å². The van der Waals surface area contributed by atoms with Crippen molar-refractivity contribution in [2.24, 2.45) is 7.05 Å². The quantitative estimate of drug-likeness (QED) is 0.347. The maximum Gasteiger partial charge on any atom is 0.216 e. The molecule has 0 aliphatic rings. The highest BCUT2D eigenvalue weighted by atomic mass is 16.3. The highest BCUT2D eigenvalue weighted by molar-refractivity contribution is 6.10. The second-order valence-corrected chi connectivity index (χ2v) is 6.14. The molecule has 0 saturated carbocycles. The topological polar surface area (TPSA) is 21.4 Å². The molecule has 0 atom stereocenters. The van der Waals surface area contributed by atoms with E-state index in [4.69, 9.17) is 11.0 Å². The smallest absolute Gasteiger partial charge is 0.216 e. The monoisotopic (exact) mass is 313 g/mol. The van der Waals surface area contributed by atoms with Crippen LogP contribution < -0.4 is 4.57 Å². The van der Waals surface area contributed by atoms with Crippen molar-refractivity contribution in [3.8, 4) is 11.3 Å². The first kappa shape index (κ1) is 14.5. The Kier molecular flexibility index (Phi) is 3.14. The molecule has 4 aromatic rings. The van der Waals surface area contributed by atoms with E-state index in [0.717, 1.165) is 33.2 Å². The highest BCUT2D eigenvalue weighted by Gasteiger charge is 2.21. The van der Waals surface area contributed by atoms with Gasteiger partial charge in [0.25, 0.3) is 0 Å². The molecule has 0 spiro atoms. The molecule has 0 bridgehead atoms. The van der Waals surface area contributed by atoms with Gasteiger partial charge in [0, 0.05) is 29.8 Å². The van der Waals surface area contributed by atoms with E-state index >= 15 is 0 Å². The normalized spacial score (nSPS) is 11.1. The average Bonchev–Trinajstić information content (AvgIpc) is 2.95. The number of rotatable bonds is 1. The summed E-state index contributed by atoms with van der Waals surface area (Å²) in [5.41, 5.74) is 6.85. The second-order valence-electron chi connectivity index (χ2n) is 6.14. The molecule has 2 aromatic carbocycles. The first-order valence-corrected chi connectivity index (χ1v) is 7.89. The van der Waals surface area contributed by atoms with Crippen molar-refractivity contribution in [2.45, 2.75) is 13.8 Å². The van der Waals surface area contributed by atoms with Crippen LogP contribution in [0.25, 0.3) is 38.0 Å². The maximum absolute atomic E-state index is 7.20. The number of aryl methyl sites for hydroxylation is 2. The molecular formula is C21H17N2O+. The van der Waals surface area contributed by atoms with E-state index in [1.54, 1.807) is 0 Å². The van der Waals surface area contributed by atoms with Crippen molar-refractivity contribution in [2.75, 3.05) is 0 Å². The predicted molar refractivity (Wildman–Crippen MR) is 96.1 cm³/mol. The Labute approximate surface area is 140 Å². The zero-order valence-corrected chi connectivity index (χ0v) is 13.9. The Morgan fingerprint density at radius 1 is 1.00 bits per heavy atom. The van der Waals surface area contributed by atoms with Gasteiger partial charge in [-0.1, -0.05) is 24.3 Å². The Morgan fingerprint density at radius 3 is 2.58 bits per heavy atom. The van der Waals surface area contributed by atoms with Crippen LogP contribution in [0.1, 0.15) is 11.3 Å². The Morgan fingerprint density at radius 2 is 1.79 bits per heavy atom. The van der Waals surface area contributed by atoms with Crippen LogP contribution >= 0.6 is 0 Å². The number of benzene rings is 2. The SMILES string of the molecule is [C-]#[N+]c1ccc2c(c1)oc1c(-c3cccc(C)[n+]3C)c(C)ccc12. The molecule has 24 heavy (non-hydrogen) atoms. The number of pyridine rings is 1. The summed E-state index contributed by atoms with van der Waals surface area (Å²) in [7, 11) is 2.07. The Bertz CT molecular complexity index is 1150. The summed E-state index contributed by atoms with van der Waals surface area (Å²) in [5.74, 6) is 0. The van der Waals surface area contributed by atoms with Gasteiger partial charge in [0.1, 0.15) is 18.2 Å². The number of hydrogen-bond acceptors (Lipinski definition) is 1. The zero-order chi connectivity index (χ0) is 16.8. The zero-order valence-electron chi connectivity index (χ0n) is 13.9. The fourth-order valence-electron chi connectivity index (χ4n) is 3.26. The van der Waals surface area contributed by atoms with Crippen LogP contribution in [0.4, 0.5) is 5.69 Å². The summed E-state index contributed by atoms with van der Waals surface area (Å²) >= 11 is 0. The Hall–Kier alpha value is -3.12. The van der Waals surface area contributed by atoms with Gasteiger partial charge in [0.2, 0.25) is 5.69 Å². The van der Waals surface area contributed by atoms with E-state index in [-0.39, 0.29) is 0 Å². The molecule has 0 radical (unpaired) electrons. The van der Waals surface area contributed by atoms with Crippen molar-refractivity contribution in [1.29, 1.82) is 0 Å². The van der Waals surface area contributed by atoms with Gasteiger partial charge in [-0.25, -0.2) is 4.85 Å². The van der Waals surface area contributed by atoms with Crippen LogP contribution in [0.3, 0.4) is 0 Å². The lowest BCUT2D eigenvalue weighted by molar-refractivity contribution is -0.666. The van der Waals surface area contributed by atoms with Gasteiger partial charge in [-0.05, 0) is 24.6 Å². The van der Waals surface area contributed by atoms with Gasteiger partial charge in [0.05, 0.1) is 12.1 Å². The molecule has 116 valence electrons. The standard InChI is InChI=1S/C21H17N2O/c1-13-8-10-17-16-11-9-15(22-3)12-19(16)24-21(17)20(13)18-7-5-6-14(2)23(18)4/h5-12H,1-2,4H3/q+1. The third-order valence-corrected chi connectivity index (χ3v) is 4.70. The van der Waals surface area contributed by atoms with Crippen molar-refractivity contribution in [3.63, 3.8) is 0 Å². The van der Waals surface area contributed by atoms with Crippen molar-refractivity contribution < 1.29 is 8.98 Å². The van der Waals surface area contributed by atoms with Crippen LogP contribution in [0.5, 0.6) is 0 Å². The highest BCUT2D eigenvalue weighted by Crippen LogP contribution is 2.37. The molecule has 4 rings (SSSR count). The molecule has 3 nitrogen and oxygen atoms in total. The first-order valence-electron chi connectivity index (χ1n) is 7.89. The van der Waals surface area contributed by atoms with Crippen LogP contribution in [0.15, 0.2) is 52.9 Å². The largest absolute Gasteiger partial charge is 0.456 e. The maximum atomic E-state index is 7.20. The predicted octanol–water partition coefficient (Wildman–Crippen LogP) is 5.25. The Balaban J connectivity index is 2.14. The summed E-state index contributed by atoms with van der Waals surface area (Å²) in [6.45, 7) is 11.4. The molecule has 0 unspecified atom stereocenters. The van der Waals surface area contributed by atoms with Gasteiger partial charge in [0.15, 0.2) is 11.4 Å². The minimum atomic E-state index is 0.598. The third-order valence-electron chi connectivity index (χ3n) is 4.70. The second kappa shape index (κ2) is 5.21. The molecular weight excluding hydrogens is 296 g/mol. The molecule has 0 aliphatic carbocycles. The van der Waals surface area contributed by atoms with Gasteiger partial charge in [-0.2, -0.15) is 4.57 Å². The minimum absolute atomic E-state index is 0.598. The molecule has 3 heteroatoms. The molecule has 0 N–H and O–H groups in total. The molecule has 0 amide bonds. The summed E-state index contributed by atoms with van der Waals surface area (Å²) < 4.78 is 8.38. The summed E-state index contributed by atoms with van der Waals surface area (Å²) in [6.07, 6.45) is 0. The molecule has 2 heterocycles. The van der Waals surface area contributed by atoms with E-state index < -0.39 is 0 Å². The van der Waals surface area contributed by atoms with E-state index in [2.05, 4.69) is 60.6 Å². The lowest BCUT2D eigenvalue weighted by Crippen LogP contribution is -2.34.